The first kappa shape index (κ1) is 17.6. The number of carbonyl (C=O) groups is 1. The van der Waals surface area contributed by atoms with Crippen molar-refractivity contribution in [3.05, 3.63) is 47.6 Å². The molecule has 0 saturated heterocycles. The number of imidazole rings is 1. The van der Waals surface area contributed by atoms with Crippen molar-refractivity contribution in [2.45, 2.75) is 0 Å². The summed E-state index contributed by atoms with van der Waals surface area (Å²) in [6.07, 6.45) is 1.92. The predicted octanol–water partition coefficient (Wildman–Crippen LogP) is 2.80. The van der Waals surface area contributed by atoms with Crippen molar-refractivity contribution in [2.24, 2.45) is 0 Å². The Balaban J connectivity index is 1.88. The molecule has 0 unspecified atom stereocenters. The van der Waals surface area contributed by atoms with Crippen molar-refractivity contribution >= 4 is 22.2 Å². The molecule has 2 aromatic heterocycles. The fourth-order valence-corrected chi connectivity index (χ4v) is 3.41. The number of nitrogens with zero attached hydrogens (tertiary/aromatic N) is 3. The molecule has 3 aromatic rings. The van der Waals surface area contributed by atoms with Crippen LogP contribution in [0.15, 0.2) is 41.9 Å². The minimum absolute atomic E-state index is 0.0441. The molecular formula is C18H21N3O3S. The van der Waals surface area contributed by atoms with Crippen LogP contribution in [0.2, 0.25) is 0 Å². The highest BCUT2D eigenvalue weighted by Gasteiger charge is 2.20. The Labute approximate surface area is 150 Å². The Hall–Kier alpha value is -2.22. The second-order valence-electron chi connectivity index (χ2n) is 5.54. The molecule has 0 bridgehead atoms. The highest BCUT2D eigenvalue weighted by molar-refractivity contribution is 7.15. The lowest BCUT2D eigenvalue weighted by molar-refractivity contribution is 0.0621. The van der Waals surface area contributed by atoms with E-state index in [2.05, 4.69) is 4.98 Å². The lowest BCUT2D eigenvalue weighted by atomic mass is 10.2. The van der Waals surface area contributed by atoms with E-state index in [0.29, 0.717) is 32.0 Å². The Bertz CT molecular complexity index is 821. The third-order valence-corrected chi connectivity index (χ3v) is 4.76. The summed E-state index contributed by atoms with van der Waals surface area (Å²) in [7, 11) is 3.26. The molecule has 1 aromatic carbocycles. The molecule has 132 valence electrons. The molecule has 0 atom stereocenters. The van der Waals surface area contributed by atoms with E-state index in [-0.39, 0.29) is 5.91 Å². The van der Waals surface area contributed by atoms with Gasteiger partial charge in [-0.3, -0.25) is 9.20 Å². The number of hydrogen-bond donors (Lipinski definition) is 0. The van der Waals surface area contributed by atoms with Crippen molar-refractivity contribution in [3.8, 4) is 11.3 Å². The molecule has 0 saturated carbocycles. The van der Waals surface area contributed by atoms with Crippen LogP contribution in [-0.2, 0) is 9.47 Å². The molecule has 0 aliphatic rings. The molecule has 0 aliphatic heterocycles. The number of methoxy groups -OCH3 is 2. The highest BCUT2D eigenvalue weighted by Crippen LogP contribution is 2.24. The Kier molecular flexibility index (Phi) is 5.80. The lowest BCUT2D eigenvalue weighted by Gasteiger charge is -2.21. The lowest BCUT2D eigenvalue weighted by Crippen LogP contribution is -2.37. The van der Waals surface area contributed by atoms with Gasteiger partial charge in [0, 0.05) is 44.4 Å². The van der Waals surface area contributed by atoms with Gasteiger partial charge in [-0.25, -0.2) is 4.98 Å². The molecule has 3 rings (SSSR count). The van der Waals surface area contributed by atoms with Crippen LogP contribution >= 0.6 is 11.3 Å². The Morgan fingerprint density at radius 3 is 2.48 bits per heavy atom. The van der Waals surface area contributed by atoms with Crippen molar-refractivity contribution in [1.29, 1.82) is 0 Å². The minimum atomic E-state index is -0.0441. The van der Waals surface area contributed by atoms with Crippen LogP contribution in [0.3, 0.4) is 0 Å². The van der Waals surface area contributed by atoms with Crippen LogP contribution < -0.4 is 0 Å². The number of ether oxygens (including phenoxy) is 2. The van der Waals surface area contributed by atoms with E-state index in [9.17, 15) is 4.79 Å². The molecular weight excluding hydrogens is 338 g/mol. The number of rotatable bonds is 8. The van der Waals surface area contributed by atoms with Gasteiger partial charge in [0.1, 0.15) is 5.69 Å². The second-order valence-corrected chi connectivity index (χ2v) is 6.38. The number of amides is 1. The van der Waals surface area contributed by atoms with E-state index in [1.54, 1.807) is 19.1 Å². The van der Waals surface area contributed by atoms with Gasteiger partial charge in [0.2, 0.25) is 0 Å². The predicted molar refractivity (Wildman–Crippen MR) is 98.2 cm³/mol. The molecule has 0 N–H and O–H groups in total. The molecule has 25 heavy (non-hydrogen) atoms. The summed E-state index contributed by atoms with van der Waals surface area (Å²) in [6.45, 7) is 2.02. The van der Waals surface area contributed by atoms with Crippen LogP contribution in [0.1, 0.15) is 10.5 Å². The second kappa shape index (κ2) is 8.24. The molecule has 1 amide bonds. The molecule has 0 fully saturated rings. The third kappa shape index (κ3) is 3.89. The van der Waals surface area contributed by atoms with Crippen molar-refractivity contribution < 1.29 is 14.3 Å². The van der Waals surface area contributed by atoms with Gasteiger partial charge in [-0.05, 0) is 0 Å². The SMILES string of the molecule is COCCN(CCOC)C(=O)c1csc2nc(-c3ccccc3)cn12. The van der Waals surface area contributed by atoms with Crippen LogP contribution in [0.25, 0.3) is 16.2 Å². The molecule has 0 aliphatic carbocycles. The first-order valence-corrected chi connectivity index (χ1v) is 8.91. The van der Waals surface area contributed by atoms with E-state index >= 15 is 0 Å². The normalized spacial score (nSPS) is 11.1. The van der Waals surface area contributed by atoms with Crippen molar-refractivity contribution in [1.82, 2.24) is 14.3 Å². The first-order valence-electron chi connectivity index (χ1n) is 8.03. The zero-order chi connectivity index (χ0) is 17.6. The van der Waals surface area contributed by atoms with Gasteiger partial charge >= 0.3 is 0 Å². The van der Waals surface area contributed by atoms with Gasteiger partial charge in [-0.15, -0.1) is 11.3 Å². The number of carbonyl (C=O) groups excluding carboxylic acids is 1. The smallest absolute Gasteiger partial charge is 0.271 e. The molecule has 0 radical (unpaired) electrons. The molecule has 6 nitrogen and oxygen atoms in total. The minimum Gasteiger partial charge on any atom is -0.383 e. The van der Waals surface area contributed by atoms with Gasteiger partial charge in [0.25, 0.3) is 5.91 Å². The van der Waals surface area contributed by atoms with Gasteiger partial charge < -0.3 is 14.4 Å². The number of fused-ring (bicyclic) bond motifs is 1. The monoisotopic (exact) mass is 359 g/mol. The summed E-state index contributed by atoms with van der Waals surface area (Å²) < 4.78 is 12.1. The summed E-state index contributed by atoms with van der Waals surface area (Å²) in [5, 5.41) is 1.85. The number of aromatic nitrogens is 2. The van der Waals surface area contributed by atoms with Gasteiger partial charge in [0.05, 0.1) is 18.9 Å². The maximum Gasteiger partial charge on any atom is 0.271 e. The van der Waals surface area contributed by atoms with E-state index in [1.165, 1.54) is 11.3 Å². The average Bonchev–Trinajstić information content (AvgIpc) is 3.23. The number of hydrogen-bond acceptors (Lipinski definition) is 5. The standard InChI is InChI=1S/C18H21N3O3S/c1-23-10-8-20(9-11-24-2)17(22)16-13-25-18-19-15(12-21(16)18)14-6-4-3-5-7-14/h3-7,12-13H,8-11H2,1-2H3. The van der Waals surface area contributed by atoms with Crippen molar-refractivity contribution in [2.75, 3.05) is 40.5 Å². The summed E-state index contributed by atoms with van der Waals surface area (Å²) in [4.78, 5) is 20.1. The fraction of sp³-hybridized carbons (Fsp3) is 0.333. The maximum atomic E-state index is 13.0. The molecule has 2 heterocycles. The zero-order valence-electron chi connectivity index (χ0n) is 14.3. The van der Waals surface area contributed by atoms with Gasteiger partial charge in [-0.1, -0.05) is 30.3 Å². The molecule has 7 heteroatoms. The fourth-order valence-electron chi connectivity index (χ4n) is 2.57. The topological polar surface area (TPSA) is 56.1 Å². The van der Waals surface area contributed by atoms with Crippen LogP contribution in [-0.4, -0.2) is 60.7 Å². The summed E-state index contributed by atoms with van der Waals surface area (Å²) >= 11 is 1.46. The van der Waals surface area contributed by atoms with Gasteiger partial charge in [0.15, 0.2) is 4.96 Å². The van der Waals surface area contributed by atoms with E-state index < -0.39 is 0 Å². The van der Waals surface area contributed by atoms with Gasteiger partial charge in [-0.2, -0.15) is 0 Å². The van der Waals surface area contributed by atoms with Crippen LogP contribution in [0.5, 0.6) is 0 Å². The summed E-state index contributed by atoms with van der Waals surface area (Å²) in [5.41, 5.74) is 2.51. The van der Waals surface area contributed by atoms with E-state index in [4.69, 9.17) is 9.47 Å². The van der Waals surface area contributed by atoms with Crippen molar-refractivity contribution in [3.63, 3.8) is 0 Å². The number of benzene rings is 1. The summed E-state index contributed by atoms with van der Waals surface area (Å²) in [6, 6.07) is 9.95. The average molecular weight is 359 g/mol. The zero-order valence-corrected chi connectivity index (χ0v) is 15.2. The van der Waals surface area contributed by atoms with E-state index in [0.717, 1.165) is 16.2 Å². The van der Waals surface area contributed by atoms with Crippen LogP contribution in [0, 0.1) is 0 Å². The largest absolute Gasteiger partial charge is 0.383 e. The third-order valence-electron chi connectivity index (χ3n) is 3.92. The summed E-state index contributed by atoms with van der Waals surface area (Å²) in [5.74, 6) is -0.0441. The number of thiazole rings is 1. The van der Waals surface area contributed by atoms with E-state index in [1.807, 2.05) is 46.3 Å². The maximum absolute atomic E-state index is 13.0. The quantitative estimate of drug-likeness (QED) is 0.621. The Morgan fingerprint density at radius 2 is 1.84 bits per heavy atom. The first-order chi connectivity index (χ1) is 12.2. The molecule has 0 spiro atoms. The van der Waals surface area contributed by atoms with Crippen LogP contribution in [0.4, 0.5) is 0 Å². The Morgan fingerprint density at radius 1 is 1.16 bits per heavy atom. The highest BCUT2D eigenvalue weighted by atomic mass is 32.1.